The Bertz CT molecular complexity index is 1230. The minimum Gasteiger partial charge on any atom is -0.332 e. The quantitative estimate of drug-likeness (QED) is 0.348. The van der Waals surface area contributed by atoms with Crippen molar-refractivity contribution in [3.8, 4) is 11.3 Å². The molecule has 2 N–H and O–H groups in total. The van der Waals surface area contributed by atoms with Crippen molar-refractivity contribution >= 4 is 22.0 Å². The van der Waals surface area contributed by atoms with E-state index in [1.807, 2.05) is 20.8 Å². The first-order valence-electron chi connectivity index (χ1n) is 11.1. The summed E-state index contributed by atoms with van der Waals surface area (Å²) in [6.07, 6.45) is -5.89. The van der Waals surface area contributed by atoms with Crippen LogP contribution in [0.4, 0.5) is 22.0 Å². The van der Waals surface area contributed by atoms with Gasteiger partial charge in [0.25, 0.3) is 0 Å². The maximum absolute atomic E-state index is 14.3. The van der Waals surface area contributed by atoms with Gasteiger partial charge >= 0.3 is 6.18 Å². The fourth-order valence-electron chi connectivity index (χ4n) is 4.17. The van der Waals surface area contributed by atoms with Crippen LogP contribution in [0.5, 0.6) is 0 Å². The highest BCUT2D eigenvalue weighted by Gasteiger charge is 2.36. The lowest BCUT2D eigenvalue weighted by molar-refractivity contribution is -0.137. The summed E-state index contributed by atoms with van der Waals surface area (Å²) in [6.45, 7) is 9.43. The normalized spacial score (nSPS) is 15.1. The zero-order chi connectivity index (χ0) is 26.3. The third-order valence-electron chi connectivity index (χ3n) is 5.87. The molecule has 0 spiro atoms. The third kappa shape index (κ3) is 6.09. The van der Waals surface area contributed by atoms with Gasteiger partial charge in [-0.15, -0.1) is 0 Å². The Labute approximate surface area is 204 Å². The fraction of sp³-hybridized carbons (Fsp3) is 0.480. The van der Waals surface area contributed by atoms with Crippen molar-refractivity contribution < 1.29 is 26.2 Å². The van der Waals surface area contributed by atoms with Crippen LogP contribution in [-0.4, -0.2) is 24.9 Å². The number of aromatic nitrogens is 2. The van der Waals surface area contributed by atoms with Gasteiger partial charge in [0.15, 0.2) is 0 Å². The summed E-state index contributed by atoms with van der Waals surface area (Å²) in [5, 5.41) is 5.97. The largest absolute Gasteiger partial charge is 0.417 e. The minimum absolute atomic E-state index is 0.0861. The number of hydrogen-bond acceptors (Lipinski definition) is 2. The molecule has 0 radical (unpaired) electrons. The smallest absolute Gasteiger partial charge is 0.332 e. The second-order valence-electron chi connectivity index (χ2n) is 10.6. The zero-order valence-corrected chi connectivity index (χ0v) is 21.1. The molecule has 0 saturated heterocycles. The maximum atomic E-state index is 14.3. The lowest BCUT2D eigenvalue weighted by Crippen LogP contribution is -2.35. The molecule has 2 heterocycles. The summed E-state index contributed by atoms with van der Waals surface area (Å²) in [4.78, 5) is 4.53. The second-order valence-corrected chi connectivity index (χ2v) is 12.3. The van der Waals surface area contributed by atoms with Crippen LogP contribution >= 0.6 is 0 Å². The maximum Gasteiger partial charge on any atom is 0.417 e. The van der Waals surface area contributed by atoms with Crippen LogP contribution in [0.2, 0.25) is 0 Å². The van der Waals surface area contributed by atoms with Crippen molar-refractivity contribution in [3.63, 3.8) is 0 Å². The minimum atomic E-state index is -4.57. The van der Waals surface area contributed by atoms with E-state index in [0.717, 1.165) is 6.07 Å². The Morgan fingerprint density at radius 1 is 1.03 bits per heavy atom. The number of rotatable bonds is 7. The highest BCUT2D eigenvalue weighted by atomic mass is 32.2. The molecule has 2 aromatic heterocycles. The van der Waals surface area contributed by atoms with Crippen LogP contribution in [0.3, 0.4) is 0 Å². The molecule has 10 heteroatoms. The van der Waals surface area contributed by atoms with Gasteiger partial charge in [-0.25, -0.2) is 18.0 Å². The first-order chi connectivity index (χ1) is 16.0. The first-order valence-corrected chi connectivity index (χ1v) is 12.3. The van der Waals surface area contributed by atoms with E-state index in [4.69, 9.17) is 5.14 Å². The number of nitrogens with two attached hydrogens (primary N) is 1. The summed E-state index contributed by atoms with van der Waals surface area (Å²) < 4.78 is 82.0. The van der Waals surface area contributed by atoms with E-state index in [-0.39, 0.29) is 23.1 Å². The summed E-state index contributed by atoms with van der Waals surface area (Å²) in [6, 6.07) is 8.10. The number of fused-ring (bicyclic) bond motifs is 1. The first kappa shape index (κ1) is 27.3. The summed E-state index contributed by atoms with van der Waals surface area (Å²) in [5.41, 5.74) is -0.441. The molecule has 3 rings (SSSR count). The van der Waals surface area contributed by atoms with E-state index in [1.54, 1.807) is 30.7 Å². The number of hydrogen-bond donors (Lipinski definition) is 1. The standard InChI is InChI=1S/C25H30F5N3OS/c1-23(2,3)14-33-13-18(17(21(26)27)12-24(4,5)35(31)34)15-10-11-20(32-22(15)33)16-8-6-7-9-19(16)25(28,29)30/h6-11,13,17,21H,12,14,31H2,1-5H3/t17-,35?/m0/s1. The van der Waals surface area contributed by atoms with E-state index in [2.05, 4.69) is 4.98 Å². The molecule has 0 bridgehead atoms. The van der Waals surface area contributed by atoms with Crippen LogP contribution in [0, 0.1) is 5.41 Å². The molecule has 0 aliphatic carbocycles. The Balaban J connectivity index is 2.24. The lowest BCUT2D eigenvalue weighted by atomic mass is 9.90. The van der Waals surface area contributed by atoms with Crippen LogP contribution in [0.1, 0.15) is 58.1 Å². The van der Waals surface area contributed by atoms with E-state index in [1.165, 1.54) is 24.3 Å². The van der Waals surface area contributed by atoms with Crippen molar-refractivity contribution in [1.82, 2.24) is 9.55 Å². The van der Waals surface area contributed by atoms with Gasteiger partial charge < -0.3 is 4.57 Å². The predicted octanol–water partition coefficient (Wildman–Crippen LogP) is 6.91. The van der Waals surface area contributed by atoms with Gasteiger partial charge in [0.2, 0.25) is 6.43 Å². The van der Waals surface area contributed by atoms with Crippen LogP contribution < -0.4 is 5.14 Å². The van der Waals surface area contributed by atoms with Gasteiger partial charge in [0, 0.05) is 29.6 Å². The van der Waals surface area contributed by atoms with Crippen molar-refractivity contribution in [2.75, 3.05) is 0 Å². The molecule has 0 fully saturated rings. The molecule has 1 aromatic carbocycles. The molecule has 3 aromatic rings. The van der Waals surface area contributed by atoms with Crippen LogP contribution in [0.25, 0.3) is 22.3 Å². The molecule has 2 atom stereocenters. The van der Waals surface area contributed by atoms with Crippen molar-refractivity contribution in [1.29, 1.82) is 0 Å². The molecule has 0 saturated carbocycles. The fourth-order valence-corrected chi connectivity index (χ4v) is 4.51. The van der Waals surface area contributed by atoms with E-state index in [9.17, 15) is 26.2 Å². The Hall–Kier alpha value is -2.33. The predicted molar refractivity (Wildman–Crippen MR) is 129 cm³/mol. The van der Waals surface area contributed by atoms with E-state index < -0.39 is 39.8 Å². The van der Waals surface area contributed by atoms with Gasteiger partial charge in [0.05, 0.1) is 27.0 Å². The third-order valence-corrected chi connectivity index (χ3v) is 7.12. The van der Waals surface area contributed by atoms with Gasteiger partial charge in [-0.1, -0.05) is 39.0 Å². The summed E-state index contributed by atoms with van der Waals surface area (Å²) in [7, 11) is -1.83. The van der Waals surface area contributed by atoms with Crippen molar-refractivity contribution in [2.24, 2.45) is 10.6 Å². The highest BCUT2D eigenvalue weighted by molar-refractivity contribution is 7.84. The van der Waals surface area contributed by atoms with Crippen LogP contribution in [0.15, 0.2) is 42.6 Å². The monoisotopic (exact) mass is 515 g/mol. The number of pyridine rings is 1. The number of nitrogens with zero attached hydrogens (tertiary/aromatic N) is 2. The summed E-state index contributed by atoms with van der Waals surface area (Å²) in [5.74, 6) is -1.28. The van der Waals surface area contributed by atoms with Gasteiger partial charge in [0.1, 0.15) is 5.65 Å². The highest BCUT2D eigenvalue weighted by Crippen LogP contribution is 2.41. The molecule has 0 aliphatic rings. The molecule has 0 amide bonds. The van der Waals surface area contributed by atoms with E-state index >= 15 is 0 Å². The topological polar surface area (TPSA) is 60.9 Å². The molecule has 35 heavy (non-hydrogen) atoms. The van der Waals surface area contributed by atoms with E-state index in [0.29, 0.717) is 23.1 Å². The molecule has 1 unspecified atom stereocenters. The SMILES string of the molecule is CC(C)(C)Cn1cc([C@H](CC(C)(C)S(N)=O)C(F)F)c2ccc(-c3ccccc3C(F)(F)F)nc21. The van der Waals surface area contributed by atoms with Crippen molar-refractivity contribution in [2.45, 2.75) is 70.9 Å². The number of benzene rings is 1. The molecular formula is C25H30F5N3OS. The van der Waals surface area contributed by atoms with Crippen LogP contribution in [-0.2, 0) is 23.7 Å². The molecule has 192 valence electrons. The van der Waals surface area contributed by atoms with Crippen molar-refractivity contribution in [3.05, 3.63) is 53.7 Å². The van der Waals surface area contributed by atoms with Gasteiger partial charge in [-0.3, -0.25) is 5.14 Å². The second kappa shape index (κ2) is 9.61. The average Bonchev–Trinajstić information content (AvgIpc) is 3.07. The molecular weight excluding hydrogens is 485 g/mol. The molecule has 4 nitrogen and oxygen atoms in total. The Morgan fingerprint density at radius 2 is 1.66 bits per heavy atom. The Kier molecular flexibility index (Phi) is 7.49. The lowest BCUT2D eigenvalue weighted by Gasteiger charge is -2.27. The average molecular weight is 516 g/mol. The van der Waals surface area contributed by atoms with Gasteiger partial charge in [-0.2, -0.15) is 13.2 Å². The van der Waals surface area contributed by atoms with Gasteiger partial charge in [-0.05, 0) is 49.4 Å². The number of alkyl halides is 5. The zero-order valence-electron chi connectivity index (χ0n) is 20.3. The summed E-state index contributed by atoms with van der Waals surface area (Å²) >= 11 is 0. The molecule has 0 aliphatic heterocycles. The number of halogens is 5. The Morgan fingerprint density at radius 3 is 2.20 bits per heavy atom.